The van der Waals surface area contributed by atoms with Gasteiger partial charge in [-0.2, -0.15) is 0 Å². The van der Waals surface area contributed by atoms with Crippen molar-refractivity contribution in [3.63, 3.8) is 0 Å². The zero-order valence-electron chi connectivity index (χ0n) is 20.0. The van der Waals surface area contributed by atoms with E-state index in [0.717, 1.165) is 12.1 Å². The second-order valence-corrected chi connectivity index (χ2v) is 9.53. The van der Waals surface area contributed by atoms with Gasteiger partial charge in [0, 0.05) is 25.5 Å². The van der Waals surface area contributed by atoms with Crippen molar-refractivity contribution in [2.24, 2.45) is 0 Å². The molecule has 0 spiro atoms. The summed E-state index contributed by atoms with van der Waals surface area (Å²) in [6.07, 6.45) is 5.22. The van der Waals surface area contributed by atoms with Gasteiger partial charge in [0.15, 0.2) is 5.16 Å². The van der Waals surface area contributed by atoms with Crippen LogP contribution in [0.1, 0.15) is 19.8 Å². The minimum absolute atomic E-state index is 0.106. The van der Waals surface area contributed by atoms with Crippen LogP contribution >= 0.6 is 11.8 Å². The molecule has 2 amide bonds. The molecule has 2 aromatic carbocycles. The average molecular weight is 502 g/mol. The Bertz CT molecular complexity index is 1460. The van der Waals surface area contributed by atoms with Crippen molar-refractivity contribution in [2.75, 3.05) is 17.6 Å². The summed E-state index contributed by atoms with van der Waals surface area (Å²) in [4.78, 5) is 45.6. The van der Waals surface area contributed by atoms with E-state index in [-0.39, 0.29) is 23.1 Å². The molecule has 1 aliphatic rings. The van der Waals surface area contributed by atoms with Gasteiger partial charge in [0.25, 0.3) is 5.56 Å². The second-order valence-electron chi connectivity index (χ2n) is 8.59. The van der Waals surface area contributed by atoms with Crippen LogP contribution in [0.25, 0.3) is 16.6 Å². The van der Waals surface area contributed by atoms with Crippen molar-refractivity contribution in [2.45, 2.75) is 37.5 Å². The topological polar surface area (TPSA) is 89.2 Å². The van der Waals surface area contributed by atoms with Gasteiger partial charge in [-0.25, -0.2) is 4.98 Å². The van der Waals surface area contributed by atoms with Crippen molar-refractivity contribution < 1.29 is 9.59 Å². The molecule has 5 rings (SSSR count). The van der Waals surface area contributed by atoms with Crippen molar-refractivity contribution >= 4 is 40.2 Å². The predicted octanol–water partition coefficient (Wildman–Crippen LogP) is 3.93. The molecule has 36 heavy (non-hydrogen) atoms. The number of rotatable bonds is 7. The van der Waals surface area contributed by atoms with Crippen LogP contribution in [0.3, 0.4) is 0 Å². The van der Waals surface area contributed by atoms with E-state index in [2.05, 4.69) is 10.3 Å². The molecule has 1 saturated heterocycles. The van der Waals surface area contributed by atoms with E-state index in [1.54, 1.807) is 21.6 Å². The van der Waals surface area contributed by atoms with Gasteiger partial charge >= 0.3 is 0 Å². The number of carbonyl (C=O) groups excluding carboxylic acids is 2. The molecule has 1 N–H and O–H groups in total. The predicted molar refractivity (Wildman–Crippen MR) is 142 cm³/mol. The van der Waals surface area contributed by atoms with Crippen LogP contribution in [0.5, 0.6) is 0 Å². The molecule has 0 bridgehead atoms. The minimum Gasteiger partial charge on any atom is -0.330 e. The normalized spacial score (nSPS) is 15.4. The first-order valence-electron chi connectivity index (χ1n) is 12.0. The van der Waals surface area contributed by atoms with E-state index in [4.69, 9.17) is 0 Å². The number of para-hydroxylation sites is 3. The van der Waals surface area contributed by atoms with Crippen LogP contribution in [0.2, 0.25) is 0 Å². The number of amides is 2. The van der Waals surface area contributed by atoms with E-state index >= 15 is 0 Å². The van der Waals surface area contributed by atoms with Gasteiger partial charge in [-0.15, -0.1) is 0 Å². The van der Waals surface area contributed by atoms with Gasteiger partial charge in [-0.3, -0.25) is 19.0 Å². The Labute approximate surface area is 212 Å². The van der Waals surface area contributed by atoms with Gasteiger partial charge in [-0.05, 0) is 56.2 Å². The molecule has 0 aliphatic carbocycles. The lowest BCUT2D eigenvalue weighted by Gasteiger charge is -2.24. The third kappa shape index (κ3) is 4.66. The molecular weight excluding hydrogens is 474 g/mol. The van der Waals surface area contributed by atoms with Crippen LogP contribution in [0.15, 0.2) is 83.0 Å². The van der Waals surface area contributed by atoms with Crippen LogP contribution in [-0.4, -0.2) is 49.2 Å². The van der Waals surface area contributed by atoms with Gasteiger partial charge in [0.05, 0.1) is 28.0 Å². The van der Waals surface area contributed by atoms with Crippen molar-refractivity contribution in [1.29, 1.82) is 0 Å². The molecule has 4 aromatic rings. The van der Waals surface area contributed by atoms with E-state index in [9.17, 15) is 14.4 Å². The number of nitrogens with zero attached hydrogens (tertiary/aromatic N) is 4. The Hall–Kier alpha value is -3.85. The Kier molecular flexibility index (Phi) is 6.90. The molecule has 1 atom stereocenters. The first-order valence-corrected chi connectivity index (χ1v) is 13.0. The highest BCUT2D eigenvalue weighted by atomic mass is 32.2. The van der Waals surface area contributed by atoms with E-state index in [1.165, 1.54) is 11.8 Å². The maximum absolute atomic E-state index is 13.2. The zero-order valence-corrected chi connectivity index (χ0v) is 20.8. The Morgan fingerprint density at radius 1 is 1.06 bits per heavy atom. The molecule has 184 valence electrons. The van der Waals surface area contributed by atoms with E-state index in [0.29, 0.717) is 41.3 Å². The molecule has 0 radical (unpaired) electrons. The summed E-state index contributed by atoms with van der Waals surface area (Å²) in [6.45, 7) is 2.88. The van der Waals surface area contributed by atoms with Crippen LogP contribution in [0.4, 0.5) is 5.69 Å². The van der Waals surface area contributed by atoms with Crippen LogP contribution in [-0.2, 0) is 16.1 Å². The molecule has 0 saturated carbocycles. The van der Waals surface area contributed by atoms with Crippen molar-refractivity contribution in [1.82, 2.24) is 19.0 Å². The molecule has 1 fully saturated rings. The average Bonchev–Trinajstić information content (AvgIpc) is 3.61. The third-order valence-electron chi connectivity index (χ3n) is 6.39. The zero-order chi connectivity index (χ0) is 25.1. The quantitative estimate of drug-likeness (QED) is 0.306. The number of hydrogen-bond donors (Lipinski definition) is 1. The van der Waals surface area contributed by atoms with Gasteiger partial charge < -0.3 is 14.8 Å². The van der Waals surface area contributed by atoms with Gasteiger partial charge in [-0.1, -0.05) is 36.0 Å². The number of likely N-dealkylation sites (tertiary alicyclic amines) is 1. The molecule has 2 aromatic heterocycles. The highest BCUT2D eigenvalue weighted by molar-refractivity contribution is 7.99. The summed E-state index contributed by atoms with van der Waals surface area (Å²) in [5, 5.41) is 4.10. The third-order valence-corrected chi connectivity index (χ3v) is 7.35. The molecule has 1 aliphatic heterocycles. The van der Waals surface area contributed by atoms with Gasteiger partial charge in [0.2, 0.25) is 11.8 Å². The van der Waals surface area contributed by atoms with Crippen molar-refractivity contribution in [3.8, 4) is 5.69 Å². The summed E-state index contributed by atoms with van der Waals surface area (Å²) in [7, 11) is 0. The largest absolute Gasteiger partial charge is 0.330 e. The molecule has 0 unspecified atom stereocenters. The summed E-state index contributed by atoms with van der Waals surface area (Å²) in [6, 6.07) is 18.1. The Morgan fingerprint density at radius 3 is 2.61 bits per heavy atom. The summed E-state index contributed by atoms with van der Waals surface area (Å²) >= 11 is 1.24. The first-order chi connectivity index (χ1) is 17.6. The van der Waals surface area contributed by atoms with E-state index < -0.39 is 6.04 Å². The summed E-state index contributed by atoms with van der Waals surface area (Å²) < 4.78 is 3.53. The number of carbonyl (C=O) groups is 2. The van der Waals surface area contributed by atoms with Crippen LogP contribution in [0, 0.1) is 0 Å². The SMILES string of the molecule is CCn1c(SCC(=O)N2CCC[C@H]2C(=O)Nc2ccccc2-n2cccc2)nc2ccccc2c1=O. The molecule has 8 nitrogen and oxygen atoms in total. The number of nitrogens with one attached hydrogen (secondary N) is 1. The minimum atomic E-state index is -0.534. The smallest absolute Gasteiger partial charge is 0.262 e. The number of thioether (sulfide) groups is 1. The lowest BCUT2D eigenvalue weighted by molar-refractivity contribution is -0.134. The maximum Gasteiger partial charge on any atom is 0.262 e. The fraction of sp³-hybridized carbons (Fsp3) is 0.259. The fourth-order valence-corrected chi connectivity index (χ4v) is 5.55. The molecule has 9 heteroatoms. The lowest BCUT2D eigenvalue weighted by atomic mass is 10.2. The molecule has 3 heterocycles. The monoisotopic (exact) mass is 501 g/mol. The molecular formula is C27H27N5O3S. The standard InChI is InChI=1S/C27H27N5O3S/c1-2-31-26(35)19-10-3-4-11-20(19)29-27(31)36-18-24(33)32-17-9-14-23(32)25(34)28-21-12-5-6-13-22(21)30-15-7-8-16-30/h3-8,10-13,15-16,23H,2,9,14,17-18H2,1H3,(H,28,34)/t23-/m0/s1. The number of hydrogen-bond acceptors (Lipinski definition) is 5. The maximum atomic E-state index is 13.2. The van der Waals surface area contributed by atoms with Gasteiger partial charge in [0.1, 0.15) is 6.04 Å². The number of fused-ring (bicyclic) bond motifs is 1. The Balaban J connectivity index is 1.30. The van der Waals surface area contributed by atoms with Crippen LogP contribution < -0.4 is 10.9 Å². The fourth-order valence-electron chi connectivity index (χ4n) is 4.60. The number of benzene rings is 2. The van der Waals surface area contributed by atoms with Crippen molar-refractivity contribution in [3.05, 3.63) is 83.4 Å². The summed E-state index contributed by atoms with van der Waals surface area (Å²) in [5.41, 5.74) is 2.06. The number of aromatic nitrogens is 3. The highest BCUT2D eigenvalue weighted by Gasteiger charge is 2.34. The Morgan fingerprint density at radius 2 is 1.81 bits per heavy atom. The summed E-state index contributed by atoms with van der Waals surface area (Å²) in [5.74, 6) is -0.227. The first kappa shape index (κ1) is 23.9. The second kappa shape index (κ2) is 10.4. The van der Waals surface area contributed by atoms with E-state index in [1.807, 2.05) is 72.4 Å². The number of anilines is 1. The highest BCUT2D eigenvalue weighted by Crippen LogP contribution is 2.25. The lowest BCUT2D eigenvalue weighted by Crippen LogP contribution is -2.44.